The Labute approximate surface area is 165 Å². The molecule has 1 aliphatic heterocycles. The van der Waals surface area contributed by atoms with E-state index in [-0.39, 0.29) is 12.0 Å². The van der Waals surface area contributed by atoms with Gasteiger partial charge in [-0.3, -0.25) is 4.68 Å². The lowest BCUT2D eigenvalue weighted by Gasteiger charge is -2.26. The molecule has 2 fully saturated rings. The smallest absolute Gasteiger partial charge is 0.144 e. The lowest BCUT2D eigenvalue weighted by atomic mass is 9.87. The van der Waals surface area contributed by atoms with Gasteiger partial charge in [0.1, 0.15) is 10.8 Å². The van der Waals surface area contributed by atoms with Crippen molar-refractivity contribution in [3.05, 3.63) is 23.1 Å². The second kappa shape index (κ2) is 7.79. The van der Waals surface area contributed by atoms with Gasteiger partial charge in [0, 0.05) is 30.1 Å². The Bertz CT molecular complexity index is 867. The molecule has 1 saturated carbocycles. The Morgan fingerprint density at radius 3 is 2.74 bits per heavy atom. The molecule has 4 rings (SSSR count). The summed E-state index contributed by atoms with van der Waals surface area (Å²) in [5, 5.41) is 16.2. The molecule has 6 heteroatoms. The summed E-state index contributed by atoms with van der Waals surface area (Å²) in [6.07, 6.45) is 8.43. The van der Waals surface area contributed by atoms with Gasteiger partial charge >= 0.3 is 0 Å². The average molecular weight is 387 g/mol. The Hall–Kier alpha value is -1.61. The lowest BCUT2D eigenvalue weighted by molar-refractivity contribution is 0.108. The van der Waals surface area contributed by atoms with Crippen LogP contribution >= 0.6 is 11.6 Å². The number of piperidine rings is 1. The standard InChI is InChI=1S/C21H27ClN4O/c1-25-10-6-16(7-11-25)4-5-18-17-13-23-20(22)12-19(17)26(24-18)14-21(15-27)8-2-3-9-21/h12-13,16,27H,2-3,6-11,14-15H2,1H3. The number of nitrogens with zero attached hydrogens (tertiary/aromatic N) is 4. The molecule has 0 atom stereocenters. The predicted octanol–water partition coefficient (Wildman–Crippen LogP) is 3.33. The predicted molar refractivity (Wildman–Crippen MR) is 108 cm³/mol. The van der Waals surface area contributed by atoms with Gasteiger partial charge in [-0.1, -0.05) is 30.4 Å². The fourth-order valence-corrected chi connectivity index (χ4v) is 4.54. The van der Waals surface area contributed by atoms with E-state index in [1.54, 1.807) is 6.20 Å². The number of pyridine rings is 1. The first kappa shape index (κ1) is 18.7. The van der Waals surface area contributed by atoms with E-state index in [1.165, 1.54) is 12.8 Å². The highest BCUT2D eigenvalue weighted by Gasteiger charge is 2.34. The zero-order valence-electron chi connectivity index (χ0n) is 15.9. The van der Waals surface area contributed by atoms with Gasteiger partial charge in [0.2, 0.25) is 0 Å². The zero-order chi connectivity index (χ0) is 18.9. The van der Waals surface area contributed by atoms with Gasteiger partial charge in [-0.25, -0.2) is 4.98 Å². The number of aliphatic hydroxyl groups excluding tert-OH is 1. The SMILES string of the molecule is CN1CCC(C#Cc2nn(CC3(CO)CCCC3)c3cc(Cl)ncc23)CC1. The monoisotopic (exact) mass is 386 g/mol. The Balaban J connectivity index is 1.66. The molecule has 0 unspecified atom stereocenters. The van der Waals surface area contributed by atoms with E-state index in [2.05, 4.69) is 28.8 Å². The highest BCUT2D eigenvalue weighted by molar-refractivity contribution is 6.30. The van der Waals surface area contributed by atoms with Crippen LogP contribution in [0.4, 0.5) is 0 Å². The largest absolute Gasteiger partial charge is 0.396 e. The number of hydrogen-bond acceptors (Lipinski definition) is 4. The van der Waals surface area contributed by atoms with Crippen molar-refractivity contribution in [1.82, 2.24) is 19.7 Å². The minimum Gasteiger partial charge on any atom is -0.396 e. The van der Waals surface area contributed by atoms with E-state index in [4.69, 9.17) is 16.7 Å². The van der Waals surface area contributed by atoms with Gasteiger partial charge in [-0.15, -0.1) is 0 Å². The van der Waals surface area contributed by atoms with Crippen LogP contribution in [0.3, 0.4) is 0 Å². The van der Waals surface area contributed by atoms with Crippen molar-refractivity contribution in [2.24, 2.45) is 11.3 Å². The number of likely N-dealkylation sites (tertiary alicyclic amines) is 1. The maximum atomic E-state index is 9.99. The maximum Gasteiger partial charge on any atom is 0.144 e. The van der Waals surface area contributed by atoms with Gasteiger partial charge in [0.05, 0.1) is 17.5 Å². The molecule has 0 spiro atoms. The summed E-state index contributed by atoms with van der Waals surface area (Å²) in [5.41, 5.74) is 1.66. The third kappa shape index (κ3) is 3.99. The summed E-state index contributed by atoms with van der Waals surface area (Å²) in [5.74, 6) is 7.19. The van der Waals surface area contributed by atoms with Crippen molar-refractivity contribution in [3.63, 3.8) is 0 Å². The zero-order valence-corrected chi connectivity index (χ0v) is 16.7. The van der Waals surface area contributed by atoms with E-state index in [0.717, 1.165) is 55.4 Å². The summed E-state index contributed by atoms with van der Waals surface area (Å²) in [6, 6.07) is 1.87. The van der Waals surface area contributed by atoms with E-state index in [9.17, 15) is 5.11 Å². The van der Waals surface area contributed by atoms with E-state index in [0.29, 0.717) is 17.6 Å². The molecule has 5 nitrogen and oxygen atoms in total. The molecule has 2 aromatic rings. The first-order valence-electron chi connectivity index (χ1n) is 9.92. The van der Waals surface area contributed by atoms with Crippen molar-refractivity contribution in [1.29, 1.82) is 0 Å². The van der Waals surface area contributed by atoms with Gasteiger partial charge in [0.25, 0.3) is 0 Å². The summed E-state index contributed by atoms with van der Waals surface area (Å²) in [7, 11) is 2.16. The van der Waals surface area contributed by atoms with Crippen LogP contribution in [0.25, 0.3) is 10.9 Å². The molecule has 0 aromatic carbocycles. The van der Waals surface area contributed by atoms with Crippen molar-refractivity contribution in [2.45, 2.75) is 45.1 Å². The minimum atomic E-state index is -0.0760. The van der Waals surface area contributed by atoms with Crippen LogP contribution in [0.1, 0.15) is 44.2 Å². The van der Waals surface area contributed by atoms with Gasteiger partial charge < -0.3 is 10.0 Å². The first-order chi connectivity index (χ1) is 13.1. The van der Waals surface area contributed by atoms with Crippen LogP contribution in [0.15, 0.2) is 12.3 Å². The highest BCUT2D eigenvalue weighted by atomic mass is 35.5. The van der Waals surface area contributed by atoms with Crippen LogP contribution in [0, 0.1) is 23.2 Å². The molecule has 0 amide bonds. The van der Waals surface area contributed by atoms with E-state index >= 15 is 0 Å². The van der Waals surface area contributed by atoms with Crippen molar-refractivity contribution in [2.75, 3.05) is 26.7 Å². The van der Waals surface area contributed by atoms with Gasteiger partial charge in [-0.05, 0) is 51.7 Å². The third-order valence-corrected chi connectivity index (χ3v) is 6.41. The molecule has 3 heterocycles. The van der Waals surface area contributed by atoms with E-state index < -0.39 is 0 Å². The normalized spacial score (nSPS) is 20.7. The third-order valence-electron chi connectivity index (χ3n) is 6.20. The van der Waals surface area contributed by atoms with Crippen molar-refractivity contribution < 1.29 is 5.11 Å². The summed E-state index contributed by atoms with van der Waals surface area (Å²) in [6.45, 7) is 3.11. The average Bonchev–Trinajstić information content (AvgIpc) is 3.27. The Morgan fingerprint density at radius 1 is 1.30 bits per heavy atom. The number of rotatable bonds is 3. The molecular weight excluding hydrogens is 360 g/mol. The molecule has 27 heavy (non-hydrogen) atoms. The summed E-state index contributed by atoms with van der Waals surface area (Å²) in [4.78, 5) is 6.59. The van der Waals surface area contributed by atoms with Crippen molar-refractivity contribution in [3.8, 4) is 11.8 Å². The van der Waals surface area contributed by atoms with Crippen LogP contribution < -0.4 is 0 Å². The molecule has 2 aliphatic rings. The number of aromatic nitrogens is 3. The lowest BCUT2D eigenvalue weighted by Crippen LogP contribution is -2.29. The van der Waals surface area contributed by atoms with Gasteiger partial charge in [-0.2, -0.15) is 5.10 Å². The molecule has 1 N–H and O–H groups in total. The first-order valence-corrected chi connectivity index (χ1v) is 10.3. The number of fused-ring (bicyclic) bond motifs is 1. The van der Waals surface area contributed by atoms with E-state index in [1.807, 2.05) is 10.7 Å². The summed E-state index contributed by atoms with van der Waals surface area (Å²) >= 11 is 6.16. The fourth-order valence-electron chi connectivity index (χ4n) is 4.39. The topological polar surface area (TPSA) is 54.2 Å². The van der Waals surface area contributed by atoms with Crippen LogP contribution in [-0.4, -0.2) is 51.5 Å². The molecule has 2 aromatic heterocycles. The second-order valence-corrected chi connectivity index (χ2v) is 8.63. The molecule has 1 saturated heterocycles. The second-order valence-electron chi connectivity index (χ2n) is 8.24. The number of aliphatic hydroxyl groups is 1. The maximum absolute atomic E-state index is 9.99. The van der Waals surface area contributed by atoms with Crippen LogP contribution in [0.5, 0.6) is 0 Å². The Kier molecular flexibility index (Phi) is 5.41. The quantitative estimate of drug-likeness (QED) is 0.649. The summed E-state index contributed by atoms with van der Waals surface area (Å²) < 4.78 is 1.99. The molecule has 1 aliphatic carbocycles. The van der Waals surface area contributed by atoms with Gasteiger partial charge in [0.15, 0.2) is 0 Å². The number of hydrogen-bond donors (Lipinski definition) is 1. The Morgan fingerprint density at radius 2 is 2.04 bits per heavy atom. The van der Waals surface area contributed by atoms with Crippen LogP contribution in [0.2, 0.25) is 5.15 Å². The molecule has 144 valence electrons. The fraction of sp³-hybridized carbons (Fsp3) is 0.619. The van der Waals surface area contributed by atoms with Crippen LogP contribution in [-0.2, 0) is 6.54 Å². The molecule has 0 radical (unpaired) electrons. The molecule has 0 bridgehead atoms. The number of halogens is 1. The highest BCUT2D eigenvalue weighted by Crippen LogP contribution is 2.39. The molecular formula is C21H27ClN4O. The van der Waals surface area contributed by atoms with Crippen molar-refractivity contribution >= 4 is 22.5 Å². The minimum absolute atomic E-state index is 0.0760.